The van der Waals surface area contributed by atoms with Crippen molar-refractivity contribution in [2.24, 2.45) is 0 Å². The molecule has 0 unspecified atom stereocenters. The van der Waals surface area contributed by atoms with Crippen molar-refractivity contribution in [2.75, 3.05) is 6.61 Å². The molecule has 3 nitrogen and oxygen atoms in total. The third kappa shape index (κ3) is 4.50. The zero-order valence-electron chi connectivity index (χ0n) is 12.1. The zero-order valence-corrected chi connectivity index (χ0v) is 12.9. The average Bonchev–Trinajstić information content (AvgIpc) is 2.47. The van der Waals surface area contributed by atoms with Crippen molar-refractivity contribution in [3.05, 3.63) is 64.7 Å². The number of aryl methyl sites for hydroxylation is 1. The molecule has 0 aliphatic rings. The van der Waals surface area contributed by atoms with Gasteiger partial charge in [-0.05, 0) is 43.2 Å². The van der Waals surface area contributed by atoms with Crippen LogP contribution in [-0.2, 0) is 4.79 Å². The molecule has 0 saturated heterocycles. The van der Waals surface area contributed by atoms with E-state index >= 15 is 0 Å². The number of ether oxygens (including phenoxy) is 1. The van der Waals surface area contributed by atoms with Crippen LogP contribution in [0.3, 0.4) is 0 Å². The van der Waals surface area contributed by atoms with Crippen LogP contribution in [0.25, 0.3) is 0 Å². The van der Waals surface area contributed by atoms with E-state index in [-0.39, 0.29) is 18.6 Å². The highest BCUT2D eigenvalue weighted by molar-refractivity contribution is 6.30. The normalized spacial score (nSPS) is 11.8. The average molecular weight is 304 g/mol. The second kappa shape index (κ2) is 7.14. The molecule has 4 heteroatoms. The van der Waals surface area contributed by atoms with E-state index in [4.69, 9.17) is 16.3 Å². The van der Waals surface area contributed by atoms with E-state index in [1.807, 2.05) is 62.4 Å². The lowest BCUT2D eigenvalue weighted by Gasteiger charge is -2.15. The van der Waals surface area contributed by atoms with Crippen LogP contribution in [0.4, 0.5) is 0 Å². The predicted molar refractivity (Wildman–Crippen MR) is 84.7 cm³/mol. The van der Waals surface area contributed by atoms with E-state index in [9.17, 15) is 4.79 Å². The standard InChI is InChI=1S/C17H18ClNO2/c1-12-5-3-4-6-16(12)21-11-17(20)19-13(2)14-7-9-15(18)10-8-14/h3-10,13H,11H2,1-2H3,(H,19,20)/t13-/m0/s1. The van der Waals surface area contributed by atoms with Gasteiger partial charge in [-0.2, -0.15) is 0 Å². The fourth-order valence-electron chi connectivity index (χ4n) is 1.98. The summed E-state index contributed by atoms with van der Waals surface area (Å²) in [6.07, 6.45) is 0. The molecule has 21 heavy (non-hydrogen) atoms. The lowest BCUT2D eigenvalue weighted by Crippen LogP contribution is -2.31. The third-order valence-corrected chi connectivity index (χ3v) is 3.45. The molecule has 2 rings (SSSR count). The van der Waals surface area contributed by atoms with Crippen molar-refractivity contribution in [2.45, 2.75) is 19.9 Å². The second-order valence-corrected chi connectivity index (χ2v) is 5.33. The second-order valence-electron chi connectivity index (χ2n) is 4.89. The Labute approximate surface area is 129 Å². The van der Waals surface area contributed by atoms with Gasteiger partial charge in [-0.1, -0.05) is 41.9 Å². The van der Waals surface area contributed by atoms with Crippen molar-refractivity contribution >= 4 is 17.5 Å². The molecule has 0 heterocycles. The van der Waals surface area contributed by atoms with E-state index < -0.39 is 0 Å². The quantitative estimate of drug-likeness (QED) is 0.909. The lowest BCUT2D eigenvalue weighted by atomic mass is 10.1. The summed E-state index contributed by atoms with van der Waals surface area (Å²) in [5.74, 6) is 0.576. The van der Waals surface area contributed by atoms with Crippen LogP contribution in [0.5, 0.6) is 5.75 Å². The maximum Gasteiger partial charge on any atom is 0.258 e. The van der Waals surface area contributed by atoms with Crippen LogP contribution in [0.2, 0.25) is 5.02 Å². The van der Waals surface area contributed by atoms with Crippen LogP contribution in [-0.4, -0.2) is 12.5 Å². The van der Waals surface area contributed by atoms with Gasteiger partial charge in [0.1, 0.15) is 5.75 Å². The smallest absolute Gasteiger partial charge is 0.258 e. The van der Waals surface area contributed by atoms with E-state index in [0.29, 0.717) is 5.02 Å². The number of amides is 1. The fourth-order valence-corrected chi connectivity index (χ4v) is 2.11. The highest BCUT2D eigenvalue weighted by atomic mass is 35.5. The first-order valence-corrected chi connectivity index (χ1v) is 7.17. The summed E-state index contributed by atoms with van der Waals surface area (Å²) in [7, 11) is 0. The number of hydrogen-bond acceptors (Lipinski definition) is 2. The topological polar surface area (TPSA) is 38.3 Å². The van der Waals surface area contributed by atoms with Crippen molar-refractivity contribution in [3.63, 3.8) is 0 Å². The molecule has 0 saturated carbocycles. The van der Waals surface area contributed by atoms with Gasteiger partial charge in [0.05, 0.1) is 6.04 Å². The molecule has 2 aromatic rings. The molecule has 1 N–H and O–H groups in total. The molecule has 0 radical (unpaired) electrons. The molecule has 2 aromatic carbocycles. The number of carbonyl (C=O) groups is 1. The zero-order chi connectivity index (χ0) is 15.2. The first-order valence-electron chi connectivity index (χ1n) is 6.79. The van der Waals surface area contributed by atoms with Gasteiger partial charge in [0, 0.05) is 5.02 Å². The molecule has 1 amide bonds. The van der Waals surface area contributed by atoms with Gasteiger partial charge in [-0.15, -0.1) is 0 Å². The summed E-state index contributed by atoms with van der Waals surface area (Å²) in [6.45, 7) is 3.88. The maximum atomic E-state index is 11.9. The fraction of sp³-hybridized carbons (Fsp3) is 0.235. The van der Waals surface area contributed by atoms with E-state index in [0.717, 1.165) is 16.9 Å². The molecule has 0 fully saturated rings. The van der Waals surface area contributed by atoms with Crippen molar-refractivity contribution < 1.29 is 9.53 Å². The Bertz CT molecular complexity index is 610. The number of para-hydroxylation sites is 1. The molecular weight excluding hydrogens is 286 g/mol. The van der Waals surface area contributed by atoms with Crippen molar-refractivity contribution in [3.8, 4) is 5.75 Å². The Morgan fingerprint density at radius 3 is 2.52 bits per heavy atom. The molecule has 1 atom stereocenters. The molecule has 0 aromatic heterocycles. The lowest BCUT2D eigenvalue weighted by molar-refractivity contribution is -0.123. The number of rotatable bonds is 5. The summed E-state index contributed by atoms with van der Waals surface area (Å²) in [5, 5.41) is 3.58. The van der Waals surface area contributed by atoms with Gasteiger partial charge in [0.25, 0.3) is 5.91 Å². The molecule has 110 valence electrons. The number of carbonyl (C=O) groups excluding carboxylic acids is 1. The SMILES string of the molecule is Cc1ccccc1OCC(=O)N[C@@H](C)c1ccc(Cl)cc1. The number of hydrogen-bond donors (Lipinski definition) is 1. The number of halogens is 1. The summed E-state index contributed by atoms with van der Waals surface area (Å²) in [4.78, 5) is 11.9. The molecule has 0 aliphatic heterocycles. The highest BCUT2D eigenvalue weighted by Gasteiger charge is 2.10. The van der Waals surface area contributed by atoms with Crippen LogP contribution in [0.1, 0.15) is 24.1 Å². The molecule has 0 spiro atoms. The van der Waals surface area contributed by atoms with Gasteiger partial charge in [0.15, 0.2) is 6.61 Å². The van der Waals surface area contributed by atoms with E-state index in [1.54, 1.807) is 0 Å². The summed E-state index contributed by atoms with van der Waals surface area (Å²) in [6, 6.07) is 14.9. The van der Waals surface area contributed by atoms with Crippen LogP contribution >= 0.6 is 11.6 Å². The third-order valence-electron chi connectivity index (χ3n) is 3.20. The van der Waals surface area contributed by atoms with Crippen LogP contribution < -0.4 is 10.1 Å². The largest absolute Gasteiger partial charge is 0.484 e. The minimum Gasteiger partial charge on any atom is -0.484 e. The monoisotopic (exact) mass is 303 g/mol. The van der Waals surface area contributed by atoms with Crippen LogP contribution in [0.15, 0.2) is 48.5 Å². The van der Waals surface area contributed by atoms with Gasteiger partial charge in [-0.25, -0.2) is 0 Å². The Morgan fingerprint density at radius 2 is 1.86 bits per heavy atom. The van der Waals surface area contributed by atoms with Gasteiger partial charge in [0.2, 0.25) is 0 Å². The predicted octanol–water partition coefficient (Wildman–Crippen LogP) is 3.90. The Balaban J connectivity index is 1.87. The van der Waals surface area contributed by atoms with Crippen LogP contribution in [0, 0.1) is 6.92 Å². The van der Waals surface area contributed by atoms with Gasteiger partial charge < -0.3 is 10.1 Å². The van der Waals surface area contributed by atoms with Crippen molar-refractivity contribution in [1.82, 2.24) is 5.32 Å². The molecular formula is C17H18ClNO2. The maximum absolute atomic E-state index is 11.9. The Morgan fingerprint density at radius 1 is 1.19 bits per heavy atom. The number of benzene rings is 2. The van der Waals surface area contributed by atoms with E-state index in [1.165, 1.54) is 0 Å². The summed E-state index contributed by atoms with van der Waals surface area (Å²) in [5.41, 5.74) is 2.01. The minimum atomic E-state index is -0.152. The summed E-state index contributed by atoms with van der Waals surface area (Å²) >= 11 is 5.85. The van der Waals surface area contributed by atoms with Crippen molar-refractivity contribution in [1.29, 1.82) is 0 Å². The summed E-state index contributed by atoms with van der Waals surface area (Å²) < 4.78 is 5.52. The Hall–Kier alpha value is -2.00. The van der Waals surface area contributed by atoms with E-state index in [2.05, 4.69) is 5.32 Å². The van der Waals surface area contributed by atoms with Gasteiger partial charge >= 0.3 is 0 Å². The highest BCUT2D eigenvalue weighted by Crippen LogP contribution is 2.17. The Kier molecular flexibility index (Phi) is 5.23. The number of nitrogens with one attached hydrogen (secondary N) is 1. The minimum absolute atomic E-state index is 0.00276. The molecule has 0 bridgehead atoms. The first kappa shape index (κ1) is 15.4. The molecule has 0 aliphatic carbocycles. The van der Waals surface area contributed by atoms with Gasteiger partial charge in [-0.3, -0.25) is 4.79 Å². The first-order chi connectivity index (χ1) is 10.1.